The van der Waals surface area contributed by atoms with E-state index in [9.17, 15) is 4.79 Å². The first-order valence-electron chi connectivity index (χ1n) is 5.72. The van der Waals surface area contributed by atoms with Crippen molar-refractivity contribution in [3.8, 4) is 0 Å². The summed E-state index contributed by atoms with van der Waals surface area (Å²) in [4.78, 5) is 16.0. The van der Waals surface area contributed by atoms with E-state index in [2.05, 4.69) is 25.8 Å². The largest absolute Gasteiger partial charge is 0.340 e. The predicted molar refractivity (Wildman–Crippen MR) is 61.5 cm³/mol. The SMILES string of the molecule is CC(C)CC(=O)N1CCN(C)C(CN)C1. The van der Waals surface area contributed by atoms with Crippen LogP contribution in [-0.2, 0) is 4.79 Å². The summed E-state index contributed by atoms with van der Waals surface area (Å²) in [5.41, 5.74) is 5.68. The monoisotopic (exact) mass is 213 g/mol. The minimum Gasteiger partial charge on any atom is -0.340 e. The van der Waals surface area contributed by atoms with Crippen LogP contribution < -0.4 is 5.73 Å². The molecule has 1 atom stereocenters. The first kappa shape index (κ1) is 12.5. The summed E-state index contributed by atoms with van der Waals surface area (Å²) < 4.78 is 0. The van der Waals surface area contributed by atoms with Crippen LogP contribution in [0.25, 0.3) is 0 Å². The molecule has 1 fully saturated rings. The Bertz CT molecular complexity index is 218. The van der Waals surface area contributed by atoms with E-state index in [-0.39, 0.29) is 5.91 Å². The molecule has 0 saturated carbocycles. The average Bonchev–Trinajstić information content (AvgIpc) is 2.17. The summed E-state index contributed by atoms with van der Waals surface area (Å²) in [6, 6.07) is 0.329. The number of carbonyl (C=O) groups is 1. The maximum Gasteiger partial charge on any atom is 0.222 e. The lowest BCUT2D eigenvalue weighted by Gasteiger charge is -2.39. The summed E-state index contributed by atoms with van der Waals surface area (Å²) in [7, 11) is 2.07. The molecule has 0 bridgehead atoms. The lowest BCUT2D eigenvalue weighted by Crippen LogP contribution is -2.55. The van der Waals surface area contributed by atoms with E-state index in [0.29, 0.717) is 24.9 Å². The molecule has 0 radical (unpaired) electrons. The molecule has 15 heavy (non-hydrogen) atoms. The van der Waals surface area contributed by atoms with Crippen molar-refractivity contribution in [3.05, 3.63) is 0 Å². The van der Waals surface area contributed by atoms with Crippen LogP contribution in [0.2, 0.25) is 0 Å². The lowest BCUT2D eigenvalue weighted by molar-refractivity contribution is -0.134. The van der Waals surface area contributed by atoms with Gasteiger partial charge in [-0.05, 0) is 13.0 Å². The maximum absolute atomic E-state index is 11.8. The summed E-state index contributed by atoms with van der Waals surface area (Å²) in [5, 5.41) is 0. The zero-order chi connectivity index (χ0) is 11.4. The van der Waals surface area contributed by atoms with Gasteiger partial charge in [-0.15, -0.1) is 0 Å². The molecular formula is C11H23N3O. The Morgan fingerprint density at radius 1 is 1.47 bits per heavy atom. The normalized spacial score (nSPS) is 23.5. The van der Waals surface area contributed by atoms with Crippen LogP contribution in [0.3, 0.4) is 0 Å². The van der Waals surface area contributed by atoms with Crippen molar-refractivity contribution in [2.24, 2.45) is 11.7 Å². The third-order valence-corrected chi connectivity index (χ3v) is 2.98. The molecule has 0 aromatic heterocycles. The minimum atomic E-state index is 0.275. The standard InChI is InChI=1S/C11H23N3O/c1-9(2)6-11(15)14-5-4-13(3)10(7-12)8-14/h9-10H,4-8,12H2,1-3H3. The molecule has 4 heteroatoms. The zero-order valence-corrected chi connectivity index (χ0v) is 10.1. The second-order valence-corrected chi connectivity index (χ2v) is 4.81. The van der Waals surface area contributed by atoms with Crippen molar-refractivity contribution in [3.63, 3.8) is 0 Å². The van der Waals surface area contributed by atoms with Gasteiger partial charge >= 0.3 is 0 Å². The molecule has 1 amide bonds. The number of nitrogens with two attached hydrogens (primary N) is 1. The molecule has 4 nitrogen and oxygen atoms in total. The quantitative estimate of drug-likeness (QED) is 0.725. The highest BCUT2D eigenvalue weighted by atomic mass is 16.2. The number of carbonyl (C=O) groups excluding carboxylic acids is 1. The Kier molecular flexibility index (Phi) is 4.54. The van der Waals surface area contributed by atoms with Crippen LogP contribution in [0.5, 0.6) is 0 Å². The first-order valence-corrected chi connectivity index (χ1v) is 5.72. The van der Waals surface area contributed by atoms with Gasteiger partial charge in [0.05, 0.1) is 0 Å². The van der Waals surface area contributed by atoms with Gasteiger partial charge in [0, 0.05) is 38.6 Å². The van der Waals surface area contributed by atoms with Crippen LogP contribution in [0.4, 0.5) is 0 Å². The highest BCUT2D eigenvalue weighted by Gasteiger charge is 2.26. The Morgan fingerprint density at radius 3 is 2.67 bits per heavy atom. The molecule has 2 N–H and O–H groups in total. The third kappa shape index (κ3) is 3.47. The fraction of sp³-hybridized carbons (Fsp3) is 0.909. The number of nitrogens with zero attached hydrogens (tertiary/aromatic N) is 2. The zero-order valence-electron chi connectivity index (χ0n) is 10.1. The van der Waals surface area contributed by atoms with Crippen LogP contribution in [0.1, 0.15) is 20.3 Å². The van der Waals surface area contributed by atoms with E-state index < -0.39 is 0 Å². The van der Waals surface area contributed by atoms with Gasteiger partial charge in [0.1, 0.15) is 0 Å². The number of amides is 1. The molecule has 1 saturated heterocycles. The third-order valence-electron chi connectivity index (χ3n) is 2.98. The Hall–Kier alpha value is -0.610. The van der Waals surface area contributed by atoms with Gasteiger partial charge in [0.25, 0.3) is 0 Å². The van der Waals surface area contributed by atoms with E-state index in [1.807, 2.05) is 4.90 Å². The Morgan fingerprint density at radius 2 is 2.13 bits per heavy atom. The van der Waals surface area contributed by atoms with E-state index in [1.54, 1.807) is 0 Å². The molecule has 1 aliphatic heterocycles. The smallest absolute Gasteiger partial charge is 0.222 e. The van der Waals surface area contributed by atoms with E-state index in [1.165, 1.54) is 0 Å². The lowest BCUT2D eigenvalue weighted by atomic mass is 10.1. The summed E-state index contributed by atoms with van der Waals surface area (Å²) in [6.45, 7) is 7.35. The number of rotatable bonds is 3. The van der Waals surface area contributed by atoms with Gasteiger partial charge in [-0.25, -0.2) is 0 Å². The van der Waals surface area contributed by atoms with Gasteiger partial charge in [0.15, 0.2) is 0 Å². The van der Waals surface area contributed by atoms with Gasteiger partial charge in [-0.1, -0.05) is 13.8 Å². The molecule has 0 aromatic carbocycles. The molecule has 0 aromatic rings. The van der Waals surface area contributed by atoms with Gasteiger partial charge < -0.3 is 10.6 Å². The number of hydrogen-bond acceptors (Lipinski definition) is 3. The van der Waals surface area contributed by atoms with E-state index >= 15 is 0 Å². The van der Waals surface area contributed by atoms with Gasteiger partial charge in [-0.2, -0.15) is 0 Å². The van der Waals surface area contributed by atoms with Gasteiger partial charge in [0.2, 0.25) is 5.91 Å². The first-order chi connectivity index (χ1) is 7.04. The van der Waals surface area contributed by atoms with Crippen LogP contribution in [0, 0.1) is 5.92 Å². The number of hydrogen-bond donors (Lipinski definition) is 1. The second kappa shape index (κ2) is 5.47. The van der Waals surface area contributed by atoms with E-state index in [4.69, 9.17) is 5.73 Å². The molecule has 1 heterocycles. The minimum absolute atomic E-state index is 0.275. The average molecular weight is 213 g/mol. The Balaban J connectivity index is 2.47. The fourth-order valence-electron chi connectivity index (χ4n) is 1.91. The van der Waals surface area contributed by atoms with Crippen molar-refractivity contribution in [2.75, 3.05) is 33.2 Å². The molecule has 88 valence electrons. The molecule has 0 aliphatic carbocycles. The van der Waals surface area contributed by atoms with Gasteiger partial charge in [-0.3, -0.25) is 9.69 Å². The van der Waals surface area contributed by atoms with Crippen LogP contribution in [0.15, 0.2) is 0 Å². The summed E-state index contributed by atoms with van der Waals surface area (Å²) in [6.07, 6.45) is 0.654. The maximum atomic E-state index is 11.8. The van der Waals surface area contributed by atoms with E-state index in [0.717, 1.165) is 19.6 Å². The molecule has 1 aliphatic rings. The molecule has 0 spiro atoms. The molecule has 1 rings (SSSR count). The van der Waals surface area contributed by atoms with Crippen molar-refractivity contribution in [1.29, 1.82) is 0 Å². The highest BCUT2D eigenvalue weighted by molar-refractivity contribution is 5.76. The summed E-state index contributed by atoms with van der Waals surface area (Å²) >= 11 is 0. The van der Waals surface area contributed by atoms with Crippen molar-refractivity contribution < 1.29 is 4.79 Å². The second-order valence-electron chi connectivity index (χ2n) is 4.81. The van der Waals surface area contributed by atoms with Crippen LogP contribution >= 0.6 is 0 Å². The van der Waals surface area contributed by atoms with Crippen molar-refractivity contribution >= 4 is 5.91 Å². The summed E-state index contributed by atoms with van der Waals surface area (Å²) in [5.74, 6) is 0.713. The van der Waals surface area contributed by atoms with Crippen molar-refractivity contribution in [2.45, 2.75) is 26.3 Å². The number of likely N-dealkylation sites (N-methyl/N-ethyl adjacent to an activating group) is 1. The predicted octanol–water partition coefficient (Wildman–Crippen LogP) is 0.134. The van der Waals surface area contributed by atoms with Crippen LogP contribution in [-0.4, -0.2) is 55.0 Å². The highest BCUT2D eigenvalue weighted by Crippen LogP contribution is 2.10. The fourth-order valence-corrected chi connectivity index (χ4v) is 1.91. The topological polar surface area (TPSA) is 49.6 Å². The molecule has 1 unspecified atom stereocenters. The Labute approximate surface area is 92.4 Å². The van der Waals surface area contributed by atoms with Crippen molar-refractivity contribution in [1.82, 2.24) is 9.80 Å². The molecular weight excluding hydrogens is 190 g/mol. The number of piperazine rings is 1.